The first-order valence-electron chi connectivity index (χ1n) is 7.84. The molecule has 4 nitrogen and oxygen atoms in total. The van der Waals surface area contributed by atoms with E-state index in [4.69, 9.17) is 4.74 Å². The number of phenolic OH excluding ortho intramolecular Hbond substituents is 1. The predicted octanol–water partition coefficient (Wildman–Crippen LogP) is 3.88. The summed E-state index contributed by atoms with van der Waals surface area (Å²) >= 11 is 0. The summed E-state index contributed by atoms with van der Waals surface area (Å²) in [6.07, 6.45) is 8.59. The summed E-state index contributed by atoms with van der Waals surface area (Å²) in [6, 6.07) is 4.62. The van der Waals surface area contributed by atoms with Crippen molar-refractivity contribution >= 4 is 5.91 Å². The zero-order valence-electron chi connectivity index (χ0n) is 13.2. The molecule has 0 bridgehead atoms. The van der Waals surface area contributed by atoms with E-state index in [1.807, 2.05) is 0 Å². The minimum Gasteiger partial charge on any atom is -0.504 e. The Hall–Kier alpha value is -1.71. The molecule has 0 saturated heterocycles. The molecule has 0 atom stereocenters. The van der Waals surface area contributed by atoms with E-state index in [-0.39, 0.29) is 11.7 Å². The first kappa shape index (κ1) is 17.3. The lowest BCUT2D eigenvalue weighted by atomic mass is 10.1. The van der Waals surface area contributed by atoms with Gasteiger partial charge in [0.05, 0.1) is 7.11 Å². The molecule has 118 valence electrons. The van der Waals surface area contributed by atoms with Gasteiger partial charge in [0.25, 0.3) is 5.91 Å². The monoisotopic (exact) mass is 293 g/mol. The summed E-state index contributed by atoms with van der Waals surface area (Å²) in [4.78, 5) is 11.9. The van der Waals surface area contributed by atoms with Crippen LogP contribution in [0.1, 0.15) is 62.2 Å². The van der Waals surface area contributed by atoms with Gasteiger partial charge in [-0.1, -0.05) is 45.4 Å². The molecule has 0 radical (unpaired) electrons. The molecule has 0 heterocycles. The molecule has 0 aliphatic heterocycles. The number of ether oxygens (including phenoxy) is 1. The zero-order chi connectivity index (χ0) is 15.5. The highest BCUT2D eigenvalue weighted by Gasteiger charge is 2.08. The second kappa shape index (κ2) is 10.1. The molecular formula is C17H27NO3. The van der Waals surface area contributed by atoms with E-state index >= 15 is 0 Å². The maximum atomic E-state index is 11.9. The SMILES string of the molecule is CCCCCCCCCNC(=O)c1ccc(O)c(OC)c1. The number of hydrogen-bond acceptors (Lipinski definition) is 3. The topological polar surface area (TPSA) is 58.6 Å². The number of rotatable bonds is 10. The highest BCUT2D eigenvalue weighted by atomic mass is 16.5. The van der Waals surface area contributed by atoms with E-state index in [1.54, 1.807) is 12.1 Å². The second-order valence-electron chi connectivity index (χ2n) is 5.26. The molecule has 0 aliphatic carbocycles. The van der Waals surface area contributed by atoms with E-state index in [0.717, 1.165) is 12.8 Å². The van der Waals surface area contributed by atoms with Gasteiger partial charge in [-0.25, -0.2) is 0 Å². The fourth-order valence-electron chi connectivity index (χ4n) is 2.20. The van der Waals surface area contributed by atoms with Gasteiger partial charge in [-0.15, -0.1) is 0 Å². The predicted molar refractivity (Wildman–Crippen MR) is 85.0 cm³/mol. The van der Waals surface area contributed by atoms with Crippen LogP contribution in [0.4, 0.5) is 0 Å². The Bertz CT molecular complexity index is 432. The molecule has 0 saturated carbocycles. The molecule has 1 aromatic carbocycles. The van der Waals surface area contributed by atoms with Gasteiger partial charge in [0.1, 0.15) is 0 Å². The van der Waals surface area contributed by atoms with E-state index in [2.05, 4.69) is 12.2 Å². The highest BCUT2D eigenvalue weighted by molar-refractivity contribution is 5.94. The number of aromatic hydroxyl groups is 1. The van der Waals surface area contributed by atoms with Crippen molar-refractivity contribution in [1.82, 2.24) is 5.32 Å². The van der Waals surface area contributed by atoms with Crippen LogP contribution in [0, 0.1) is 0 Å². The van der Waals surface area contributed by atoms with Gasteiger partial charge in [0.2, 0.25) is 0 Å². The Labute approximate surface area is 127 Å². The number of carbonyl (C=O) groups excluding carboxylic acids is 1. The van der Waals surface area contributed by atoms with Gasteiger partial charge in [-0.3, -0.25) is 4.79 Å². The molecular weight excluding hydrogens is 266 g/mol. The summed E-state index contributed by atoms with van der Waals surface area (Å²) in [5.41, 5.74) is 0.507. The van der Waals surface area contributed by atoms with Gasteiger partial charge in [0, 0.05) is 12.1 Å². The molecule has 0 fully saturated rings. The number of amides is 1. The van der Waals surface area contributed by atoms with Crippen molar-refractivity contribution in [3.8, 4) is 11.5 Å². The first-order valence-corrected chi connectivity index (χ1v) is 7.84. The third-order valence-electron chi connectivity index (χ3n) is 3.51. The first-order chi connectivity index (χ1) is 10.2. The van der Waals surface area contributed by atoms with Crippen molar-refractivity contribution in [2.75, 3.05) is 13.7 Å². The maximum Gasteiger partial charge on any atom is 0.251 e. The van der Waals surface area contributed by atoms with Gasteiger partial charge < -0.3 is 15.2 Å². The number of methoxy groups -OCH3 is 1. The third-order valence-corrected chi connectivity index (χ3v) is 3.51. The molecule has 2 N–H and O–H groups in total. The number of hydrogen-bond donors (Lipinski definition) is 2. The molecule has 4 heteroatoms. The summed E-state index contributed by atoms with van der Waals surface area (Å²) in [5, 5.41) is 12.4. The molecule has 0 aromatic heterocycles. The Morgan fingerprint density at radius 3 is 2.48 bits per heavy atom. The van der Waals surface area contributed by atoms with E-state index in [0.29, 0.717) is 17.9 Å². The molecule has 0 aliphatic rings. The second-order valence-corrected chi connectivity index (χ2v) is 5.26. The lowest BCUT2D eigenvalue weighted by Gasteiger charge is -2.08. The average Bonchev–Trinajstić information content (AvgIpc) is 2.50. The maximum absolute atomic E-state index is 11.9. The molecule has 0 unspecified atom stereocenters. The summed E-state index contributed by atoms with van der Waals surface area (Å²) in [7, 11) is 1.47. The number of phenols is 1. The van der Waals surface area contributed by atoms with Crippen molar-refractivity contribution in [3.05, 3.63) is 23.8 Å². The lowest BCUT2D eigenvalue weighted by molar-refractivity contribution is 0.0952. The lowest BCUT2D eigenvalue weighted by Crippen LogP contribution is -2.24. The van der Waals surface area contributed by atoms with Gasteiger partial charge >= 0.3 is 0 Å². The summed E-state index contributed by atoms with van der Waals surface area (Å²) in [6.45, 7) is 2.91. The van der Waals surface area contributed by atoms with Crippen LogP contribution in [0.25, 0.3) is 0 Å². The third kappa shape index (κ3) is 6.52. The van der Waals surface area contributed by atoms with Crippen LogP contribution < -0.4 is 10.1 Å². The smallest absolute Gasteiger partial charge is 0.251 e. The van der Waals surface area contributed by atoms with Crippen molar-refractivity contribution in [3.63, 3.8) is 0 Å². The zero-order valence-corrected chi connectivity index (χ0v) is 13.2. The van der Waals surface area contributed by atoms with Crippen LogP contribution in [0.5, 0.6) is 11.5 Å². The van der Waals surface area contributed by atoms with E-state index < -0.39 is 0 Å². The molecule has 1 rings (SSSR count). The molecule has 21 heavy (non-hydrogen) atoms. The Balaban J connectivity index is 2.22. The number of unbranched alkanes of at least 4 members (excludes halogenated alkanes) is 6. The fourth-order valence-corrected chi connectivity index (χ4v) is 2.20. The largest absolute Gasteiger partial charge is 0.504 e. The van der Waals surface area contributed by atoms with Crippen LogP contribution in [-0.4, -0.2) is 24.7 Å². The van der Waals surface area contributed by atoms with Crippen LogP contribution in [0.2, 0.25) is 0 Å². The minimum absolute atomic E-state index is 0.0427. The Morgan fingerprint density at radius 2 is 1.81 bits per heavy atom. The van der Waals surface area contributed by atoms with Crippen LogP contribution in [0.15, 0.2) is 18.2 Å². The molecule has 1 aromatic rings. The Kier molecular flexibility index (Phi) is 8.32. The van der Waals surface area contributed by atoms with Gasteiger partial charge in [0.15, 0.2) is 11.5 Å². The van der Waals surface area contributed by atoms with Crippen molar-refractivity contribution < 1.29 is 14.6 Å². The van der Waals surface area contributed by atoms with Crippen molar-refractivity contribution in [2.24, 2.45) is 0 Å². The van der Waals surface area contributed by atoms with Crippen LogP contribution >= 0.6 is 0 Å². The summed E-state index contributed by atoms with van der Waals surface area (Å²) in [5.74, 6) is 0.235. The van der Waals surface area contributed by atoms with Crippen LogP contribution in [-0.2, 0) is 0 Å². The number of nitrogens with one attached hydrogen (secondary N) is 1. The standard InChI is InChI=1S/C17H27NO3/c1-3-4-5-6-7-8-9-12-18-17(20)14-10-11-15(19)16(13-14)21-2/h10-11,13,19H,3-9,12H2,1-2H3,(H,18,20). The van der Waals surface area contributed by atoms with E-state index in [1.165, 1.54) is 45.3 Å². The highest BCUT2D eigenvalue weighted by Crippen LogP contribution is 2.26. The normalized spacial score (nSPS) is 10.4. The number of benzene rings is 1. The fraction of sp³-hybridized carbons (Fsp3) is 0.588. The van der Waals surface area contributed by atoms with Gasteiger partial charge in [-0.05, 0) is 24.6 Å². The van der Waals surface area contributed by atoms with Crippen molar-refractivity contribution in [2.45, 2.75) is 51.9 Å². The Morgan fingerprint density at radius 1 is 1.14 bits per heavy atom. The van der Waals surface area contributed by atoms with Gasteiger partial charge in [-0.2, -0.15) is 0 Å². The minimum atomic E-state index is -0.126. The molecule has 1 amide bonds. The summed E-state index contributed by atoms with van der Waals surface area (Å²) < 4.78 is 5.00. The average molecular weight is 293 g/mol. The quantitative estimate of drug-likeness (QED) is 0.644. The van der Waals surface area contributed by atoms with E-state index in [9.17, 15) is 9.90 Å². The molecule has 0 spiro atoms. The number of carbonyl (C=O) groups is 1. The van der Waals surface area contributed by atoms with Crippen LogP contribution in [0.3, 0.4) is 0 Å². The van der Waals surface area contributed by atoms with Crippen molar-refractivity contribution in [1.29, 1.82) is 0 Å².